The molecule has 3 rings (SSSR count). The van der Waals surface area contributed by atoms with Gasteiger partial charge in [-0.1, -0.05) is 0 Å². The number of carbonyl (C=O) groups excluding carboxylic acids is 1. The number of carbonyl (C=O) groups is 1. The molecule has 26 heavy (non-hydrogen) atoms. The van der Waals surface area contributed by atoms with E-state index in [1.54, 1.807) is 7.11 Å². The third-order valence-corrected chi connectivity index (χ3v) is 4.95. The smallest absolute Gasteiger partial charge is 0.220 e. The van der Waals surface area contributed by atoms with Gasteiger partial charge in [-0.05, 0) is 56.0 Å². The van der Waals surface area contributed by atoms with Crippen molar-refractivity contribution < 1.29 is 9.53 Å². The Balaban J connectivity index is 1.52. The second-order valence-electron chi connectivity index (χ2n) is 6.60. The number of nitrogens with zero attached hydrogens (tertiary/aromatic N) is 2. The molecule has 3 aromatic rings. The number of rotatable bonds is 7. The van der Waals surface area contributed by atoms with Gasteiger partial charge in [0.25, 0.3) is 0 Å². The molecule has 0 aliphatic heterocycles. The first-order chi connectivity index (χ1) is 12.5. The highest BCUT2D eigenvalue weighted by Gasteiger charge is 2.11. The zero-order valence-corrected chi connectivity index (χ0v) is 15.8. The molecule has 2 aromatic heterocycles. The van der Waals surface area contributed by atoms with Gasteiger partial charge in [-0.3, -0.25) is 9.48 Å². The van der Waals surface area contributed by atoms with Gasteiger partial charge in [0.15, 0.2) is 0 Å². The Morgan fingerprint density at radius 1 is 1.31 bits per heavy atom. The molecule has 0 bridgehead atoms. The Morgan fingerprint density at radius 3 is 2.81 bits per heavy atom. The summed E-state index contributed by atoms with van der Waals surface area (Å²) in [6.07, 6.45) is 3.99. The predicted molar refractivity (Wildman–Crippen MR) is 103 cm³/mol. The molecule has 6 heteroatoms. The van der Waals surface area contributed by atoms with Crippen molar-refractivity contribution in [3.63, 3.8) is 0 Å². The molecule has 0 unspecified atom stereocenters. The van der Waals surface area contributed by atoms with E-state index in [-0.39, 0.29) is 5.91 Å². The highest BCUT2D eigenvalue weighted by Crippen LogP contribution is 2.23. The Labute approximate surface area is 153 Å². The maximum atomic E-state index is 12.2. The molecule has 6 nitrogen and oxygen atoms in total. The Morgan fingerprint density at radius 2 is 2.12 bits per heavy atom. The number of amides is 1. The van der Waals surface area contributed by atoms with Crippen molar-refractivity contribution in [2.75, 3.05) is 13.7 Å². The highest BCUT2D eigenvalue weighted by atomic mass is 16.5. The first-order valence-corrected chi connectivity index (χ1v) is 8.89. The molecule has 2 N–H and O–H groups in total. The normalized spacial score (nSPS) is 11.1. The molecular weight excluding hydrogens is 328 g/mol. The quantitative estimate of drug-likeness (QED) is 0.685. The van der Waals surface area contributed by atoms with Gasteiger partial charge < -0.3 is 15.0 Å². The van der Waals surface area contributed by atoms with E-state index in [2.05, 4.69) is 15.4 Å². The van der Waals surface area contributed by atoms with Crippen molar-refractivity contribution in [2.24, 2.45) is 7.05 Å². The van der Waals surface area contributed by atoms with Crippen LogP contribution in [0.2, 0.25) is 0 Å². The number of hydrogen-bond donors (Lipinski definition) is 2. The van der Waals surface area contributed by atoms with Crippen molar-refractivity contribution in [2.45, 2.75) is 33.1 Å². The number of aryl methyl sites for hydroxylation is 2. The van der Waals surface area contributed by atoms with Crippen LogP contribution < -0.4 is 10.1 Å². The summed E-state index contributed by atoms with van der Waals surface area (Å²) in [5, 5.41) is 8.56. The van der Waals surface area contributed by atoms with Crippen molar-refractivity contribution in [1.82, 2.24) is 20.1 Å². The van der Waals surface area contributed by atoms with E-state index >= 15 is 0 Å². The molecule has 1 aromatic carbocycles. The van der Waals surface area contributed by atoms with Crippen LogP contribution in [0.25, 0.3) is 10.9 Å². The minimum absolute atomic E-state index is 0.0741. The molecule has 0 aliphatic carbocycles. The van der Waals surface area contributed by atoms with Crippen LogP contribution in [0.15, 0.2) is 24.4 Å². The van der Waals surface area contributed by atoms with Crippen LogP contribution in [-0.4, -0.2) is 34.3 Å². The summed E-state index contributed by atoms with van der Waals surface area (Å²) < 4.78 is 7.16. The van der Waals surface area contributed by atoms with E-state index in [9.17, 15) is 4.79 Å². The zero-order chi connectivity index (χ0) is 18.7. The van der Waals surface area contributed by atoms with Gasteiger partial charge in [0.05, 0.1) is 12.8 Å². The molecule has 0 spiro atoms. The van der Waals surface area contributed by atoms with Crippen LogP contribution in [0.4, 0.5) is 0 Å². The summed E-state index contributed by atoms with van der Waals surface area (Å²) >= 11 is 0. The van der Waals surface area contributed by atoms with Crippen LogP contribution in [0, 0.1) is 13.8 Å². The third kappa shape index (κ3) is 3.74. The zero-order valence-electron chi connectivity index (χ0n) is 15.8. The average molecular weight is 354 g/mol. The number of nitrogens with one attached hydrogen (secondary N) is 2. The fourth-order valence-corrected chi connectivity index (χ4v) is 3.33. The lowest BCUT2D eigenvalue weighted by molar-refractivity contribution is -0.121. The van der Waals surface area contributed by atoms with E-state index in [1.165, 1.54) is 11.1 Å². The first-order valence-electron chi connectivity index (χ1n) is 8.89. The summed E-state index contributed by atoms with van der Waals surface area (Å²) in [5.74, 6) is 0.912. The monoisotopic (exact) mass is 354 g/mol. The standard InChI is InChI=1S/C20H26N4O2/c1-13-17(14(2)24(3)23-13)6-8-20(25)21-10-9-15-12-22-19-7-5-16(26-4)11-18(15)19/h5,7,11-12,22H,6,8-10H2,1-4H3,(H,21,25). The van der Waals surface area contributed by atoms with Gasteiger partial charge in [-0.25, -0.2) is 0 Å². The van der Waals surface area contributed by atoms with E-state index in [4.69, 9.17) is 4.74 Å². The fourth-order valence-electron chi connectivity index (χ4n) is 3.33. The van der Waals surface area contributed by atoms with Crippen LogP contribution in [0.3, 0.4) is 0 Å². The van der Waals surface area contributed by atoms with E-state index in [0.717, 1.165) is 40.9 Å². The number of fused-ring (bicyclic) bond motifs is 1. The molecule has 2 heterocycles. The number of hydrogen-bond acceptors (Lipinski definition) is 3. The molecule has 1 amide bonds. The highest BCUT2D eigenvalue weighted by molar-refractivity contribution is 5.84. The SMILES string of the molecule is COc1ccc2[nH]cc(CCNC(=O)CCc3c(C)nn(C)c3C)c2c1. The number of ether oxygens (including phenoxy) is 1. The van der Waals surface area contributed by atoms with Crippen LogP contribution in [-0.2, 0) is 24.7 Å². The molecule has 0 radical (unpaired) electrons. The largest absolute Gasteiger partial charge is 0.497 e. The van der Waals surface area contributed by atoms with Crippen molar-refractivity contribution >= 4 is 16.8 Å². The molecule has 138 valence electrons. The predicted octanol–water partition coefficient (Wildman–Crippen LogP) is 2.82. The third-order valence-electron chi connectivity index (χ3n) is 4.95. The van der Waals surface area contributed by atoms with E-state index in [1.807, 2.05) is 50.0 Å². The number of aromatic nitrogens is 3. The number of aromatic amines is 1. The number of benzene rings is 1. The van der Waals surface area contributed by atoms with Crippen molar-refractivity contribution in [1.29, 1.82) is 0 Å². The second-order valence-corrected chi connectivity index (χ2v) is 6.60. The summed E-state index contributed by atoms with van der Waals surface area (Å²) in [6.45, 7) is 4.65. The van der Waals surface area contributed by atoms with Gasteiger partial charge in [0.1, 0.15) is 5.75 Å². The average Bonchev–Trinajstić information content (AvgIpc) is 3.13. The Kier molecular flexibility index (Phi) is 5.30. The van der Waals surface area contributed by atoms with Gasteiger partial charge in [-0.15, -0.1) is 0 Å². The summed E-state index contributed by atoms with van der Waals surface area (Å²) in [4.78, 5) is 15.4. The molecule has 0 aliphatic rings. The summed E-state index contributed by atoms with van der Waals surface area (Å²) in [5.41, 5.74) is 5.56. The lowest BCUT2D eigenvalue weighted by atomic mass is 10.1. The molecule has 0 saturated carbocycles. The molecule has 0 atom stereocenters. The van der Waals surface area contributed by atoms with Crippen LogP contribution >= 0.6 is 0 Å². The lowest BCUT2D eigenvalue weighted by Crippen LogP contribution is -2.25. The molecular formula is C20H26N4O2. The maximum absolute atomic E-state index is 12.2. The van der Waals surface area contributed by atoms with E-state index < -0.39 is 0 Å². The fraction of sp³-hybridized carbons (Fsp3) is 0.400. The van der Waals surface area contributed by atoms with Crippen molar-refractivity contribution in [3.05, 3.63) is 46.9 Å². The Hall–Kier alpha value is -2.76. The minimum Gasteiger partial charge on any atom is -0.497 e. The molecule has 0 fully saturated rings. The minimum atomic E-state index is 0.0741. The molecule has 0 saturated heterocycles. The van der Waals surface area contributed by atoms with Gasteiger partial charge >= 0.3 is 0 Å². The summed E-state index contributed by atoms with van der Waals surface area (Å²) in [7, 11) is 3.60. The van der Waals surface area contributed by atoms with Crippen LogP contribution in [0.5, 0.6) is 5.75 Å². The summed E-state index contributed by atoms with van der Waals surface area (Å²) in [6, 6.07) is 5.97. The number of H-pyrrole nitrogens is 1. The van der Waals surface area contributed by atoms with Crippen LogP contribution in [0.1, 0.15) is 28.9 Å². The lowest BCUT2D eigenvalue weighted by Gasteiger charge is -2.06. The Bertz CT molecular complexity index is 923. The van der Waals surface area contributed by atoms with E-state index in [0.29, 0.717) is 13.0 Å². The van der Waals surface area contributed by atoms with Crippen molar-refractivity contribution in [3.8, 4) is 5.75 Å². The van der Waals surface area contributed by atoms with Gasteiger partial charge in [0.2, 0.25) is 5.91 Å². The maximum Gasteiger partial charge on any atom is 0.220 e. The number of methoxy groups -OCH3 is 1. The van der Waals surface area contributed by atoms with Gasteiger partial charge in [0, 0.05) is 42.8 Å². The van der Waals surface area contributed by atoms with Gasteiger partial charge in [-0.2, -0.15) is 5.10 Å². The first kappa shape index (κ1) is 18.0. The second kappa shape index (κ2) is 7.64. The topological polar surface area (TPSA) is 71.9 Å².